The number of carbonyl (C=O) groups is 2. The first kappa shape index (κ1) is 16.4. The van der Waals surface area contributed by atoms with Crippen LogP contribution in [0.4, 0.5) is 0 Å². The third-order valence-corrected chi connectivity index (χ3v) is 2.70. The number of hydrogen-bond acceptors (Lipinski definition) is 5. The third-order valence-electron chi connectivity index (χ3n) is 2.70. The zero-order valence-electron chi connectivity index (χ0n) is 12.1. The van der Waals surface area contributed by atoms with Gasteiger partial charge in [-0.25, -0.2) is 9.59 Å². The van der Waals surface area contributed by atoms with Gasteiger partial charge >= 0.3 is 11.9 Å². The molecule has 21 heavy (non-hydrogen) atoms. The smallest absolute Gasteiger partial charge is 0.338 e. The number of ether oxygens (including phenoxy) is 2. The van der Waals surface area contributed by atoms with Gasteiger partial charge in [0.25, 0.3) is 0 Å². The van der Waals surface area contributed by atoms with Gasteiger partial charge in [-0.1, -0.05) is 6.58 Å². The average molecular weight is 287 g/mol. The molecule has 5 nitrogen and oxygen atoms in total. The highest BCUT2D eigenvalue weighted by Gasteiger charge is 2.17. The second-order valence-electron chi connectivity index (χ2n) is 4.21. The van der Waals surface area contributed by atoms with E-state index >= 15 is 0 Å². The predicted molar refractivity (Wildman–Crippen MR) is 76.6 cm³/mol. The summed E-state index contributed by atoms with van der Waals surface area (Å²) in [6, 6.07) is 6.60. The van der Waals surface area contributed by atoms with E-state index in [1.807, 2.05) is 6.07 Å². The second-order valence-corrected chi connectivity index (χ2v) is 4.21. The van der Waals surface area contributed by atoms with Crippen molar-refractivity contribution in [3.63, 3.8) is 0 Å². The molecule has 0 fully saturated rings. The summed E-state index contributed by atoms with van der Waals surface area (Å²) in [5, 5.41) is 8.94. The highest BCUT2D eigenvalue weighted by Crippen LogP contribution is 2.17. The number of nitriles is 1. The molecule has 0 atom stereocenters. The zero-order chi connectivity index (χ0) is 15.8. The van der Waals surface area contributed by atoms with Gasteiger partial charge in [0.15, 0.2) is 0 Å². The van der Waals surface area contributed by atoms with Crippen LogP contribution >= 0.6 is 0 Å². The maximum Gasteiger partial charge on any atom is 0.338 e. The Bertz CT molecular complexity index is 599. The number of benzene rings is 1. The van der Waals surface area contributed by atoms with E-state index in [0.717, 1.165) is 0 Å². The van der Waals surface area contributed by atoms with Gasteiger partial charge in [0.05, 0.1) is 30.4 Å². The lowest BCUT2D eigenvalue weighted by Gasteiger charge is -2.10. The quantitative estimate of drug-likeness (QED) is 0.593. The first-order valence-corrected chi connectivity index (χ1v) is 6.58. The van der Waals surface area contributed by atoms with Crippen LogP contribution in [0.15, 0.2) is 30.4 Å². The molecule has 0 aliphatic rings. The third kappa shape index (κ3) is 4.46. The molecule has 0 heterocycles. The Balaban J connectivity index is 3.07. The summed E-state index contributed by atoms with van der Waals surface area (Å²) in [6.45, 7) is 7.57. The summed E-state index contributed by atoms with van der Waals surface area (Å²) < 4.78 is 9.82. The van der Waals surface area contributed by atoms with Crippen molar-refractivity contribution in [1.29, 1.82) is 5.26 Å². The monoisotopic (exact) mass is 287 g/mol. The molecule has 5 heteroatoms. The van der Waals surface area contributed by atoms with Crippen molar-refractivity contribution in [1.82, 2.24) is 0 Å². The minimum atomic E-state index is -0.519. The van der Waals surface area contributed by atoms with Crippen molar-refractivity contribution < 1.29 is 19.1 Å². The maximum atomic E-state index is 11.9. The maximum absolute atomic E-state index is 11.9. The van der Waals surface area contributed by atoms with Crippen LogP contribution < -0.4 is 0 Å². The van der Waals surface area contributed by atoms with E-state index in [4.69, 9.17) is 14.7 Å². The number of rotatable bonds is 6. The van der Waals surface area contributed by atoms with Gasteiger partial charge in [0.2, 0.25) is 0 Å². The van der Waals surface area contributed by atoms with Crippen molar-refractivity contribution in [2.75, 3.05) is 13.2 Å². The van der Waals surface area contributed by atoms with E-state index < -0.39 is 11.9 Å². The van der Waals surface area contributed by atoms with E-state index in [9.17, 15) is 9.59 Å². The summed E-state index contributed by atoms with van der Waals surface area (Å²) in [4.78, 5) is 23.5. The van der Waals surface area contributed by atoms with Crippen LogP contribution in [0.2, 0.25) is 0 Å². The molecular formula is C16H17NO4. The lowest BCUT2D eigenvalue weighted by Crippen LogP contribution is -2.13. The van der Waals surface area contributed by atoms with E-state index in [-0.39, 0.29) is 25.2 Å². The van der Waals surface area contributed by atoms with Gasteiger partial charge in [-0.05, 0) is 37.6 Å². The summed E-state index contributed by atoms with van der Waals surface area (Å²) >= 11 is 0. The molecule has 0 aliphatic carbocycles. The molecule has 0 spiro atoms. The minimum Gasteiger partial charge on any atom is -0.463 e. The van der Waals surface area contributed by atoms with Crippen molar-refractivity contribution in [2.24, 2.45) is 0 Å². The molecule has 0 amide bonds. The molecule has 0 N–H and O–H groups in total. The Labute approximate surface area is 123 Å². The molecule has 0 aliphatic heterocycles. The highest BCUT2D eigenvalue weighted by molar-refractivity contribution is 5.93. The van der Waals surface area contributed by atoms with E-state index in [1.54, 1.807) is 19.9 Å². The average Bonchev–Trinajstić information content (AvgIpc) is 2.47. The van der Waals surface area contributed by atoms with Gasteiger partial charge in [-0.15, -0.1) is 0 Å². The first-order chi connectivity index (χ1) is 10.0. The Kier molecular flexibility index (Phi) is 6.15. The summed E-state index contributed by atoms with van der Waals surface area (Å²) in [5.74, 6) is -1.01. The van der Waals surface area contributed by atoms with Crippen LogP contribution in [0.1, 0.15) is 35.3 Å². The largest absolute Gasteiger partial charge is 0.463 e. The molecule has 0 radical (unpaired) electrons. The first-order valence-electron chi connectivity index (χ1n) is 6.58. The standard InChI is InChI=1S/C16H17NO4/c1-4-20-15(18)11(3)8-13-9-12(10-17)6-7-14(13)16(19)21-5-2/h6-7,9H,3-5,8H2,1-2H3. The lowest BCUT2D eigenvalue weighted by atomic mass is 9.98. The minimum absolute atomic E-state index is 0.127. The van der Waals surface area contributed by atoms with E-state index in [2.05, 4.69) is 6.58 Å². The normalized spacial score (nSPS) is 9.57. The second kappa shape index (κ2) is 7.85. The summed E-state index contributed by atoms with van der Waals surface area (Å²) in [5.41, 5.74) is 1.46. The molecule has 0 saturated heterocycles. The SMILES string of the molecule is C=C(Cc1cc(C#N)ccc1C(=O)OCC)C(=O)OCC. The van der Waals surface area contributed by atoms with E-state index in [1.165, 1.54) is 12.1 Å². The molecule has 1 aromatic rings. The molecule has 0 aromatic heterocycles. The molecule has 0 unspecified atom stereocenters. The van der Waals surface area contributed by atoms with Crippen LogP contribution in [0.25, 0.3) is 0 Å². The Hall–Kier alpha value is -2.61. The van der Waals surface area contributed by atoms with Crippen LogP contribution in [-0.2, 0) is 20.7 Å². The fraction of sp³-hybridized carbons (Fsp3) is 0.312. The number of hydrogen-bond donors (Lipinski definition) is 0. The number of carbonyl (C=O) groups excluding carboxylic acids is 2. The zero-order valence-corrected chi connectivity index (χ0v) is 12.1. The van der Waals surface area contributed by atoms with Gasteiger partial charge < -0.3 is 9.47 Å². The molecular weight excluding hydrogens is 270 g/mol. The molecule has 110 valence electrons. The predicted octanol–water partition coefficient (Wildman–Crippen LogP) is 2.40. The van der Waals surface area contributed by atoms with Crippen LogP contribution in [0.3, 0.4) is 0 Å². The van der Waals surface area contributed by atoms with Crippen LogP contribution in [0.5, 0.6) is 0 Å². The summed E-state index contributed by atoms with van der Waals surface area (Å²) in [7, 11) is 0. The van der Waals surface area contributed by atoms with E-state index in [0.29, 0.717) is 16.7 Å². The molecule has 0 bridgehead atoms. The Morgan fingerprint density at radius 3 is 2.48 bits per heavy atom. The van der Waals surface area contributed by atoms with Gasteiger partial charge in [0.1, 0.15) is 0 Å². The van der Waals surface area contributed by atoms with Crippen molar-refractivity contribution >= 4 is 11.9 Å². The topological polar surface area (TPSA) is 76.4 Å². The molecule has 0 saturated carbocycles. The molecule has 1 aromatic carbocycles. The van der Waals surface area contributed by atoms with Crippen LogP contribution in [0, 0.1) is 11.3 Å². The lowest BCUT2D eigenvalue weighted by molar-refractivity contribution is -0.138. The van der Waals surface area contributed by atoms with Gasteiger partial charge in [0, 0.05) is 12.0 Å². The van der Waals surface area contributed by atoms with Crippen molar-refractivity contribution in [3.8, 4) is 6.07 Å². The fourth-order valence-electron chi connectivity index (χ4n) is 1.75. The van der Waals surface area contributed by atoms with Crippen molar-refractivity contribution in [3.05, 3.63) is 47.0 Å². The summed E-state index contributed by atoms with van der Waals surface area (Å²) in [6.07, 6.45) is 0.127. The van der Waals surface area contributed by atoms with Gasteiger partial charge in [-0.2, -0.15) is 5.26 Å². The Morgan fingerprint density at radius 2 is 1.90 bits per heavy atom. The number of esters is 2. The van der Waals surface area contributed by atoms with Gasteiger partial charge in [-0.3, -0.25) is 0 Å². The fourth-order valence-corrected chi connectivity index (χ4v) is 1.75. The molecule has 1 rings (SSSR count). The van der Waals surface area contributed by atoms with Crippen LogP contribution in [-0.4, -0.2) is 25.2 Å². The van der Waals surface area contributed by atoms with Crippen molar-refractivity contribution in [2.45, 2.75) is 20.3 Å². The Morgan fingerprint density at radius 1 is 1.24 bits per heavy atom. The number of nitrogens with zero attached hydrogens (tertiary/aromatic N) is 1. The highest BCUT2D eigenvalue weighted by atomic mass is 16.5.